The SMILES string of the molecule is COc1ccc(C[NH2+]C[C@@H]2OCCc3ccccc32)c(OC)c1. The summed E-state index contributed by atoms with van der Waals surface area (Å²) >= 11 is 0. The van der Waals surface area contributed by atoms with Crippen LogP contribution in [0.25, 0.3) is 0 Å². The van der Waals surface area contributed by atoms with Crippen molar-refractivity contribution in [3.05, 3.63) is 59.2 Å². The highest BCUT2D eigenvalue weighted by atomic mass is 16.5. The molecule has 0 spiro atoms. The van der Waals surface area contributed by atoms with Crippen LogP contribution in [0.1, 0.15) is 22.8 Å². The summed E-state index contributed by atoms with van der Waals surface area (Å²) in [5.41, 5.74) is 3.91. The van der Waals surface area contributed by atoms with Crippen LogP contribution in [0.3, 0.4) is 0 Å². The lowest BCUT2D eigenvalue weighted by molar-refractivity contribution is -0.678. The normalized spacial score (nSPS) is 16.7. The molecule has 0 fully saturated rings. The van der Waals surface area contributed by atoms with Crippen molar-refractivity contribution in [2.75, 3.05) is 27.4 Å². The van der Waals surface area contributed by atoms with Crippen molar-refractivity contribution < 1.29 is 19.5 Å². The zero-order valence-corrected chi connectivity index (χ0v) is 13.7. The minimum Gasteiger partial charge on any atom is -0.497 e. The highest BCUT2D eigenvalue weighted by Gasteiger charge is 2.21. The molecule has 0 saturated heterocycles. The highest BCUT2D eigenvalue weighted by molar-refractivity contribution is 5.40. The van der Waals surface area contributed by atoms with E-state index in [9.17, 15) is 0 Å². The Bertz CT molecular complexity index is 657. The van der Waals surface area contributed by atoms with Crippen LogP contribution in [0.2, 0.25) is 0 Å². The Labute approximate surface area is 137 Å². The average Bonchev–Trinajstić information content (AvgIpc) is 2.62. The molecule has 2 aromatic rings. The van der Waals surface area contributed by atoms with Gasteiger partial charge in [-0.3, -0.25) is 0 Å². The molecule has 0 aromatic heterocycles. The number of hydrogen-bond donors (Lipinski definition) is 1. The second kappa shape index (κ2) is 7.49. The Balaban J connectivity index is 1.62. The molecular formula is C19H24NO3+. The number of rotatable bonds is 6. The van der Waals surface area contributed by atoms with E-state index in [2.05, 4.69) is 35.6 Å². The van der Waals surface area contributed by atoms with Gasteiger partial charge in [0.2, 0.25) is 0 Å². The van der Waals surface area contributed by atoms with Crippen molar-refractivity contribution in [1.82, 2.24) is 0 Å². The Morgan fingerprint density at radius 2 is 2.00 bits per heavy atom. The highest BCUT2D eigenvalue weighted by Crippen LogP contribution is 2.26. The van der Waals surface area contributed by atoms with Crippen LogP contribution in [0.15, 0.2) is 42.5 Å². The number of quaternary nitrogens is 1. The van der Waals surface area contributed by atoms with Gasteiger partial charge in [-0.25, -0.2) is 0 Å². The first kappa shape index (κ1) is 15.8. The van der Waals surface area contributed by atoms with Crippen LogP contribution in [0.5, 0.6) is 11.5 Å². The molecule has 1 atom stereocenters. The molecule has 0 unspecified atom stereocenters. The maximum absolute atomic E-state index is 5.95. The molecule has 2 N–H and O–H groups in total. The van der Waals surface area contributed by atoms with Gasteiger partial charge in [0, 0.05) is 11.6 Å². The molecule has 4 nitrogen and oxygen atoms in total. The molecule has 3 rings (SSSR count). The van der Waals surface area contributed by atoms with Gasteiger partial charge in [-0.2, -0.15) is 0 Å². The Morgan fingerprint density at radius 3 is 2.83 bits per heavy atom. The Kier molecular flexibility index (Phi) is 5.16. The lowest BCUT2D eigenvalue weighted by Gasteiger charge is -2.24. The number of nitrogens with two attached hydrogens (primary N) is 1. The lowest BCUT2D eigenvalue weighted by Crippen LogP contribution is -2.83. The van der Waals surface area contributed by atoms with Crippen LogP contribution in [0.4, 0.5) is 0 Å². The summed E-state index contributed by atoms with van der Waals surface area (Å²) in [4.78, 5) is 0. The largest absolute Gasteiger partial charge is 0.497 e. The molecule has 1 heterocycles. The van der Waals surface area contributed by atoms with Crippen molar-refractivity contribution >= 4 is 0 Å². The van der Waals surface area contributed by atoms with Gasteiger partial charge in [0.15, 0.2) is 0 Å². The quantitative estimate of drug-likeness (QED) is 0.888. The van der Waals surface area contributed by atoms with E-state index in [1.807, 2.05) is 12.1 Å². The molecule has 0 amide bonds. The molecule has 0 radical (unpaired) electrons. The molecule has 4 heteroatoms. The first-order valence-electron chi connectivity index (χ1n) is 8.04. The molecule has 23 heavy (non-hydrogen) atoms. The van der Waals surface area contributed by atoms with Gasteiger partial charge >= 0.3 is 0 Å². The zero-order valence-electron chi connectivity index (χ0n) is 13.7. The summed E-state index contributed by atoms with van der Waals surface area (Å²) < 4.78 is 16.6. The average molecular weight is 314 g/mol. The molecule has 0 bridgehead atoms. The monoisotopic (exact) mass is 314 g/mol. The molecule has 2 aromatic carbocycles. The topological polar surface area (TPSA) is 44.3 Å². The number of fused-ring (bicyclic) bond motifs is 1. The van der Waals surface area contributed by atoms with Crippen molar-refractivity contribution in [2.45, 2.75) is 19.1 Å². The number of hydrogen-bond acceptors (Lipinski definition) is 3. The van der Waals surface area contributed by atoms with Crippen LogP contribution >= 0.6 is 0 Å². The van der Waals surface area contributed by atoms with E-state index in [1.54, 1.807) is 14.2 Å². The van der Waals surface area contributed by atoms with E-state index in [1.165, 1.54) is 11.1 Å². The minimum atomic E-state index is 0.171. The second-order valence-corrected chi connectivity index (χ2v) is 5.71. The maximum Gasteiger partial charge on any atom is 0.131 e. The van der Waals surface area contributed by atoms with Crippen LogP contribution in [-0.2, 0) is 17.7 Å². The zero-order chi connectivity index (χ0) is 16.1. The van der Waals surface area contributed by atoms with Crippen LogP contribution < -0.4 is 14.8 Å². The smallest absolute Gasteiger partial charge is 0.131 e. The van der Waals surface area contributed by atoms with E-state index in [0.29, 0.717) is 0 Å². The summed E-state index contributed by atoms with van der Waals surface area (Å²) in [5.74, 6) is 1.68. The first-order chi connectivity index (χ1) is 11.3. The van der Waals surface area contributed by atoms with Gasteiger partial charge in [0.1, 0.15) is 30.7 Å². The van der Waals surface area contributed by atoms with E-state index in [-0.39, 0.29) is 6.10 Å². The van der Waals surface area contributed by atoms with E-state index >= 15 is 0 Å². The molecule has 122 valence electrons. The molecule has 1 aliphatic rings. The van der Waals surface area contributed by atoms with Gasteiger partial charge in [0.05, 0.1) is 20.8 Å². The fourth-order valence-corrected chi connectivity index (χ4v) is 3.08. The van der Waals surface area contributed by atoms with Crippen molar-refractivity contribution in [2.24, 2.45) is 0 Å². The molecule has 0 saturated carbocycles. The Morgan fingerprint density at radius 1 is 1.13 bits per heavy atom. The molecule has 0 aliphatic carbocycles. The van der Waals surface area contributed by atoms with E-state index < -0.39 is 0 Å². The van der Waals surface area contributed by atoms with E-state index in [4.69, 9.17) is 14.2 Å². The third-order valence-corrected chi connectivity index (χ3v) is 4.33. The maximum atomic E-state index is 5.95. The fraction of sp³-hybridized carbons (Fsp3) is 0.368. The summed E-state index contributed by atoms with van der Waals surface area (Å²) in [6.45, 7) is 2.57. The first-order valence-corrected chi connectivity index (χ1v) is 8.04. The number of methoxy groups -OCH3 is 2. The van der Waals surface area contributed by atoms with Gasteiger partial charge < -0.3 is 19.5 Å². The van der Waals surface area contributed by atoms with Gasteiger partial charge in [-0.15, -0.1) is 0 Å². The summed E-state index contributed by atoms with van der Waals surface area (Å²) in [5, 5.41) is 2.27. The number of benzene rings is 2. The van der Waals surface area contributed by atoms with Gasteiger partial charge in [-0.05, 0) is 29.7 Å². The fourth-order valence-electron chi connectivity index (χ4n) is 3.08. The minimum absolute atomic E-state index is 0.171. The van der Waals surface area contributed by atoms with Crippen molar-refractivity contribution in [3.63, 3.8) is 0 Å². The third-order valence-electron chi connectivity index (χ3n) is 4.33. The molecular weight excluding hydrogens is 290 g/mol. The molecule has 1 aliphatic heterocycles. The predicted octanol–water partition coefficient (Wildman–Crippen LogP) is 2.08. The van der Waals surface area contributed by atoms with Crippen molar-refractivity contribution in [3.8, 4) is 11.5 Å². The standard InChI is InChI=1S/C19H23NO3/c1-21-16-8-7-15(18(11-16)22-2)12-20-13-19-17-6-4-3-5-14(17)9-10-23-19/h3-8,11,19-20H,9-10,12-13H2,1-2H3/p+1/t19-/m0/s1. The lowest BCUT2D eigenvalue weighted by atomic mass is 9.97. The third kappa shape index (κ3) is 3.66. The van der Waals surface area contributed by atoms with Crippen LogP contribution in [0, 0.1) is 0 Å². The Hall–Kier alpha value is -2.04. The summed E-state index contributed by atoms with van der Waals surface area (Å²) in [6.07, 6.45) is 1.18. The summed E-state index contributed by atoms with van der Waals surface area (Å²) in [7, 11) is 3.36. The predicted molar refractivity (Wildman–Crippen MR) is 88.9 cm³/mol. The van der Waals surface area contributed by atoms with E-state index in [0.717, 1.165) is 43.2 Å². The summed E-state index contributed by atoms with van der Waals surface area (Å²) in [6, 6.07) is 14.5. The van der Waals surface area contributed by atoms with Gasteiger partial charge in [0.25, 0.3) is 0 Å². The van der Waals surface area contributed by atoms with Gasteiger partial charge in [-0.1, -0.05) is 24.3 Å². The van der Waals surface area contributed by atoms with Crippen LogP contribution in [-0.4, -0.2) is 27.4 Å². The second-order valence-electron chi connectivity index (χ2n) is 5.71. The number of ether oxygens (including phenoxy) is 3. The van der Waals surface area contributed by atoms with Crippen molar-refractivity contribution in [1.29, 1.82) is 0 Å².